The molecule has 1 atom stereocenters. The lowest BCUT2D eigenvalue weighted by Crippen LogP contribution is -2.43. The molecule has 1 aromatic heterocycles. The Kier molecular flexibility index (Phi) is 4.27. The van der Waals surface area contributed by atoms with E-state index in [1.807, 2.05) is 18.2 Å². The van der Waals surface area contributed by atoms with Crippen molar-refractivity contribution in [1.29, 1.82) is 0 Å². The zero-order valence-electron chi connectivity index (χ0n) is 16.1. The molecular formula is C23H21FN2O3. The maximum absolute atomic E-state index is 14.9. The molecule has 5 nitrogen and oxygen atoms in total. The molecule has 2 aromatic carbocycles. The molecule has 3 heterocycles. The number of H-pyrrole nitrogens is 1. The van der Waals surface area contributed by atoms with Gasteiger partial charge in [0.05, 0.1) is 0 Å². The van der Waals surface area contributed by atoms with Crippen LogP contribution < -0.4 is 0 Å². The topological polar surface area (TPSA) is 54.6 Å². The van der Waals surface area contributed by atoms with Crippen LogP contribution >= 0.6 is 0 Å². The second kappa shape index (κ2) is 6.95. The van der Waals surface area contributed by atoms with Crippen LogP contribution in [0.2, 0.25) is 0 Å². The number of amides is 1. The van der Waals surface area contributed by atoms with Gasteiger partial charge in [0.1, 0.15) is 30.8 Å². The van der Waals surface area contributed by atoms with Gasteiger partial charge in [0.15, 0.2) is 0 Å². The molecule has 29 heavy (non-hydrogen) atoms. The van der Waals surface area contributed by atoms with Crippen molar-refractivity contribution in [3.63, 3.8) is 0 Å². The quantitative estimate of drug-likeness (QED) is 0.716. The first-order valence-corrected chi connectivity index (χ1v) is 9.76. The highest BCUT2D eigenvalue weighted by Gasteiger charge is 2.38. The van der Waals surface area contributed by atoms with Crippen LogP contribution in [0.1, 0.15) is 29.8 Å². The van der Waals surface area contributed by atoms with Crippen molar-refractivity contribution < 1.29 is 18.7 Å². The molecule has 0 aliphatic carbocycles. The van der Waals surface area contributed by atoms with E-state index < -0.39 is 6.04 Å². The lowest BCUT2D eigenvalue weighted by atomic mass is 9.91. The number of nitrogens with zero attached hydrogens (tertiary/aromatic N) is 1. The monoisotopic (exact) mass is 392 g/mol. The van der Waals surface area contributed by atoms with Crippen molar-refractivity contribution >= 4 is 16.8 Å². The maximum Gasteiger partial charge on any atom is 0.293 e. The Labute approximate surface area is 167 Å². The number of rotatable bonds is 2. The van der Waals surface area contributed by atoms with E-state index in [-0.39, 0.29) is 17.5 Å². The zero-order chi connectivity index (χ0) is 20.0. The fourth-order valence-electron chi connectivity index (χ4n) is 4.33. The van der Waals surface area contributed by atoms with Crippen molar-refractivity contribution in [2.75, 3.05) is 19.8 Å². The molecule has 0 saturated carbocycles. The van der Waals surface area contributed by atoms with Gasteiger partial charge in [-0.3, -0.25) is 4.79 Å². The number of allylic oxidation sites excluding steroid dienone is 1. The molecule has 0 radical (unpaired) electrons. The summed E-state index contributed by atoms with van der Waals surface area (Å²) in [5, 5.41) is 1.11. The number of halogens is 1. The lowest BCUT2D eigenvalue weighted by molar-refractivity contribution is -0.135. The minimum Gasteiger partial charge on any atom is -0.491 e. The Morgan fingerprint density at radius 2 is 1.86 bits per heavy atom. The van der Waals surface area contributed by atoms with E-state index in [0.29, 0.717) is 37.5 Å². The third kappa shape index (κ3) is 2.87. The number of fused-ring (bicyclic) bond motifs is 3. The van der Waals surface area contributed by atoms with Crippen molar-refractivity contribution in [1.82, 2.24) is 9.88 Å². The summed E-state index contributed by atoms with van der Waals surface area (Å²) in [5.74, 6) is 0.0567. The zero-order valence-corrected chi connectivity index (χ0v) is 16.1. The lowest BCUT2D eigenvalue weighted by Gasteiger charge is -2.37. The van der Waals surface area contributed by atoms with Crippen LogP contribution in [0.3, 0.4) is 0 Å². The van der Waals surface area contributed by atoms with Crippen LogP contribution in [0.4, 0.5) is 4.39 Å². The maximum atomic E-state index is 14.9. The van der Waals surface area contributed by atoms with Crippen molar-refractivity contribution in [3.05, 3.63) is 82.7 Å². The summed E-state index contributed by atoms with van der Waals surface area (Å²) < 4.78 is 26.0. The van der Waals surface area contributed by atoms with Gasteiger partial charge >= 0.3 is 0 Å². The van der Waals surface area contributed by atoms with E-state index >= 15 is 0 Å². The molecule has 0 unspecified atom stereocenters. The van der Waals surface area contributed by atoms with Gasteiger partial charge in [-0.25, -0.2) is 4.39 Å². The van der Waals surface area contributed by atoms with E-state index in [1.165, 1.54) is 6.07 Å². The first-order chi connectivity index (χ1) is 14.1. The highest BCUT2D eigenvalue weighted by atomic mass is 19.1. The van der Waals surface area contributed by atoms with Gasteiger partial charge in [-0.2, -0.15) is 0 Å². The second-order valence-electron chi connectivity index (χ2n) is 7.32. The SMILES string of the molecule is CC1=C(C(=O)N2CCc3c([nH]c4ccccc34)[C@H]2c2ccccc2F)OCCO1. The molecule has 148 valence electrons. The van der Waals surface area contributed by atoms with E-state index in [0.717, 1.165) is 22.2 Å². The summed E-state index contributed by atoms with van der Waals surface area (Å²) in [4.78, 5) is 18.5. The van der Waals surface area contributed by atoms with Crippen molar-refractivity contribution in [3.8, 4) is 0 Å². The van der Waals surface area contributed by atoms with Crippen LogP contribution in [0.5, 0.6) is 0 Å². The predicted molar refractivity (Wildman–Crippen MR) is 107 cm³/mol. The molecule has 0 spiro atoms. The third-order valence-electron chi connectivity index (χ3n) is 5.66. The van der Waals surface area contributed by atoms with Gasteiger partial charge in [0, 0.05) is 28.7 Å². The molecule has 0 bridgehead atoms. The summed E-state index contributed by atoms with van der Waals surface area (Å²) in [6.45, 7) is 2.94. The smallest absolute Gasteiger partial charge is 0.293 e. The molecular weight excluding hydrogens is 371 g/mol. The number of hydrogen-bond donors (Lipinski definition) is 1. The number of carbonyl (C=O) groups is 1. The normalized spacial score (nSPS) is 19.0. The van der Waals surface area contributed by atoms with Crippen LogP contribution in [0.25, 0.3) is 10.9 Å². The number of benzene rings is 2. The molecule has 1 N–H and O–H groups in total. The molecule has 3 aromatic rings. The Bertz CT molecular complexity index is 1130. The Balaban J connectivity index is 1.67. The standard InChI is InChI=1S/C23H21FN2O3/c1-14-22(29-13-12-28-14)23(27)26-11-10-16-15-6-3-5-9-19(15)25-20(16)21(26)17-7-2-4-8-18(17)24/h2-9,21,25H,10-13H2,1H3/t21-/m1/s1. The van der Waals surface area contributed by atoms with E-state index in [2.05, 4.69) is 11.1 Å². The first kappa shape index (κ1) is 17.8. The van der Waals surface area contributed by atoms with E-state index in [4.69, 9.17) is 9.47 Å². The molecule has 5 rings (SSSR count). The minimum absolute atomic E-state index is 0.206. The first-order valence-electron chi connectivity index (χ1n) is 9.76. The Morgan fingerprint density at radius 3 is 2.69 bits per heavy atom. The Morgan fingerprint density at radius 1 is 1.10 bits per heavy atom. The van der Waals surface area contributed by atoms with Crippen LogP contribution in [0, 0.1) is 5.82 Å². The summed E-state index contributed by atoms with van der Waals surface area (Å²) in [7, 11) is 0. The Hall–Kier alpha value is -3.28. The molecule has 2 aliphatic heterocycles. The number of hydrogen-bond acceptors (Lipinski definition) is 3. The van der Waals surface area contributed by atoms with Gasteiger partial charge in [-0.05, 0) is 31.0 Å². The van der Waals surface area contributed by atoms with Gasteiger partial charge in [-0.1, -0.05) is 36.4 Å². The van der Waals surface area contributed by atoms with Gasteiger partial charge in [-0.15, -0.1) is 0 Å². The predicted octanol–water partition coefficient (Wildman–Crippen LogP) is 4.06. The second-order valence-corrected chi connectivity index (χ2v) is 7.32. The van der Waals surface area contributed by atoms with E-state index in [9.17, 15) is 9.18 Å². The number of para-hydroxylation sites is 1. The number of carbonyl (C=O) groups excluding carboxylic acids is 1. The van der Waals surface area contributed by atoms with E-state index in [1.54, 1.807) is 30.0 Å². The summed E-state index contributed by atoms with van der Waals surface area (Å²) in [6.07, 6.45) is 0.684. The number of nitrogens with one attached hydrogen (secondary N) is 1. The van der Waals surface area contributed by atoms with Gasteiger partial charge in [0.2, 0.25) is 5.76 Å². The van der Waals surface area contributed by atoms with Crippen molar-refractivity contribution in [2.24, 2.45) is 0 Å². The molecule has 6 heteroatoms. The third-order valence-corrected chi connectivity index (χ3v) is 5.66. The fourth-order valence-corrected chi connectivity index (χ4v) is 4.33. The highest BCUT2D eigenvalue weighted by molar-refractivity contribution is 5.93. The largest absolute Gasteiger partial charge is 0.491 e. The molecule has 2 aliphatic rings. The number of aromatic nitrogens is 1. The van der Waals surface area contributed by atoms with Crippen LogP contribution in [-0.4, -0.2) is 35.5 Å². The molecule has 0 saturated heterocycles. The number of aromatic amines is 1. The average molecular weight is 392 g/mol. The van der Waals surface area contributed by atoms with Gasteiger partial charge < -0.3 is 19.4 Å². The average Bonchev–Trinajstić information content (AvgIpc) is 3.12. The highest BCUT2D eigenvalue weighted by Crippen LogP contribution is 2.40. The van der Waals surface area contributed by atoms with Crippen LogP contribution in [0.15, 0.2) is 60.0 Å². The fraction of sp³-hybridized carbons (Fsp3) is 0.261. The van der Waals surface area contributed by atoms with Crippen molar-refractivity contribution in [2.45, 2.75) is 19.4 Å². The summed E-state index contributed by atoms with van der Waals surface area (Å²) in [5.41, 5.74) is 3.43. The summed E-state index contributed by atoms with van der Waals surface area (Å²) in [6, 6.07) is 14.1. The molecule has 0 fully saturated rings. The number of ether oxygens (including phenoxy) is 2. The molecule has 1 amide bonds. The minimum atomic E-state index is -0.564. The van der Waals surface area contributed by atoms with Gasteiger partial charge in [0.25, 0.3) is 5.91 Å². The van der Waals surface area contributed by atoms with Crippen LogP contribution in [-0.2, 0) is 20.7 Å². The summed E-state index contributed by atoms with van der Waals surface area (Å²) >= 11 is 0.